The van der Waals surface area contributed by atoms with E-state index in [1.54, 1.807) is 65.8 Å². The van der Waals surface area contributed by atoms with Crippen LogP contribution in [0.2, 0.25) is 10.0 Å². The first-order chi connectivity index (χ1) is 13.0. The number of aromatic nitrogens is 2. The zero-order chi connectivity index (χ0) is 19.0. The van der Waals surface area contributed by atoms with Gasteiger partial charge >= 0.3 is 0 Å². The van der Waals surface area contributed by atoms with Crippen LogP contribution in [0.4, 0.5) is 0 Å². The summed E-state index contributed by atoms with van der Waals surface area (Å²) in [5.74, 6) is -1.01. The number of hydroxylamine groups is 2. The van der Waals surface area contributed by atoms with E-state index in [9.17, 15) is 9.59 Å². The van der Waals surface area contributed by atoms with Gasteiger partial charge in [-0.25, -0.2) is 4.98 Å². The van der Waals surface area contributed by atoms with Gasteiger partial charge in [-0.1, -0.05) is 41.4 Å². The monoisotopic (exact) mass is 401 g/mol. The summed E-state index contributed by atoms with van der Waals surface area (Å²) in [5, 5.41) is 1.65. The Morgan fingerprint density at radius 1 is 1.04 bits per heavy atom. The van der Waals surface area contributed by atoms with Crippen molar-refractivity contribution in [2.45, 2.75) is 12.6 Å². The molecule has 1 aliphatic heterocycles. The van der Waals surface area contributed by atoms with Crippen molar-refractivity contribution in [3.63, 3.8) is 0 Å². The molecule has 3 aromatic rings. The minimum Gasteiger partial charge on any atom is -0.334 e. The fourth-order valence-electron chi connectivity index (χ4n) is 2.93. The molecule has 0 saturated heterocycles. The molecule has 1 unspecified atom stereocenters. The maximum atomic E-state index is 12.6. The van der Waals surface area contributed by atoms with Crippen LogP contribution in [0, 0.1) is 0 Å². The number of imide groups is 1. The highest BCUT2D eigenvalue weighted by atomic mass is 35.5. The number of benzene rings is 2. The first kappa shape index (κ1) is 17.7. The second-order valence-corrected chi connectivity index (χ2v) is 6.81. The van der Waals surface area contributed by atoms with Crippen LogP contribution in [0.15, 0.2) is 61.2 Å². The minimum atomic E-state index is -0.703. The summed E-state index contributed by atoms with van der Waals surface area (Å²) in [7, 11) is 0. The van der Waals surface area contributed by atoms with Crippen LogP contribution >= 0.6 is 23.2 Å². The highest BCUT2D eigenvalue weighted by Gasteiger charge is 2.38. The molecule has 2 aromatic carbocycles. The van der Waals surface area contributed by atoms with Gasteiger partial charge in [0, 0.05) is 28.0 Å². The van der Waals surface area contributed by atoms with Crippen LogP contribution < -0.4 is 0 Å². The van der Waals surface area contributed by atoms with Crippen molar-refractivity contribution >= 4 is 35.0 Å². The second-order valence-electron chi connectivity index (χ2n) is 5.97. The van der Waals surface area contributed by atoms with E-state index in [0.29, 0.717) is 33.3 Å². The highest BCUT2D eigenvalue weighted by molar-refractivity contribution is 6.35. The van der Waals surface area contributed by atoms with Gasteiger partial charge in [0.15, 0.2) is 0 Å². The Labute approximate surface area is 164 Å². The normalized spacial score (nSPS) is 14.5. The fraction of sp³-hybridized carbons (Fsp3) is 0.105. The molecule has 0 saturated carbocycles. The molecule has 0 bridgehead atoms. The van der Waals surface area contributed by atoms with E-state index in [-0.39, 0.29) is 0 Å². The summed E-state index contributed by atoms with van der Waals surface area (Å²) < 4.78 is 1.77. The summed E-state index contributed by atoms with van der Waals surface area (Å²) in [6, 6.07) is 11.6. The molecule has 27 heavy (non-hydrogen) atoms. The summed E-state index contributed by atoms with van der Waals surface area (Å²) in [6.45, 7) is 0.300. The lowest BCUT2D eigenvalue weighted by Crippen LogP contribution is -2.33. The van der Waals surface area contributed by atoms with Gasteiger partial charge in [0.25, 0.3) is 11.8 Å². The number of hydrogen-bond acceptors (Lipinski definition) is 4. The van der Waals surface area contributed by atoms with Crippen LogP contribution in [0.5, 0.6) is 0 Å². The Bertz CT molecular complexity index is 986. The lowest BCUT2D eigenvalue weighted by atomic mass is 10.1. The molecule has 0 fully saturated rings. The summed E-state index contributed by atoms with van der Waals surface area (Å²) in [6.07, 6.45) is 4.29. The highest BCUT2D eigenvalue weighted by Crippen LogP contribution is 2.33. The Balaban J connectivity index is 1.68. The van der Waals surface area contributed by atoms with Crippen LogP contribution in [0.3, 0.4) is 0 Å². The van der Waals surface area contributed by atoms with E-state index in [2.05, 4.69) is 4.98 Å². The van der Waals surface area contributed by atoms with Crippen molar-refractivity contribution in [2.75, 3.05) is 0 Å². The van der Waals surface area contributed by atoms with Gasteiger partial charge < -0.3 is 4.57 Å². The van der Waals surface area contributed by atoms with Crippen LogP contribution in [0.25, 0.3) is 0 Å². The number of hydrogen-bond donors (Lipinski definition) is 0. The lowest BCUT2D eigenvalue weighted by Gasteiger charge is -2.24. The molecule has 0 radical (unpaired) electrons. The van der Waals surface area contributed by atoms with Crippen LogP contribution in [-0.2, 0) is 11.4 Å². The molecule has 1 aliphatic rings. The summed E-state index contributed by atoms with van der Waals surface area (Å²) in [4.78, 5) is 35.1. The molecule has 0 aliphatic carbocycles. The number of fused-ring (bicyclic) bond motifs is 1. The summed E-state index contributed by atoms with van der Waals surface area (Å²) >= 11 is 12.3. The Kier molecular flexibility index (Phi) is 4.70. The zero-order valence-corrected chi connectivity index (χ0v) is 15.4. The number of nitrogens with zero attached hydrogens (tertiary/aromatic N) is 3. The SMILES string of the molecule is O=C1c2ccccc2C(=O)N1OC(Cn1ccnc1)c1ccc(Cl)cc1Cl. The van der Waals surface area contributed by atoms with Crippen molar-refractivity contribution in [3.8, 4) is 0 Å². The van der Waals surface area contributed by atoms with Gasteiger partial charge in [-0.15, -0.1) is 5.06 Å². The third-order valence-electron chi connectivity index (χ3n) is 4.23. The molecule has 8 heteroatoms. The Morgan fingerprint density at radius 3 is 2.33 bits per heavy atom. The van der Waals surface area contributed by atoms with E-state index < -0.39 is 17.9 Å². The maximum Gasteiger partial charge on any atom is 0.285 e. The largest absolute Gasteiger partial charge is 0.334 e. The Morgan fingerprint density at radius 2 is 1.74 bits per heavy atom. The number of imidazole rings is 1. The molecular weight excluding hydrogens is 389 g/mol. The first-order valence-electron chi connectivity index (χ1n) is 8.10. The van der Waals surface area contributed by atoms with E-state index in [0.717, 1.165) is 5.06 Å². The van der Waals surface area contributed by atoms with E-state index in [1.165, 1.54) is 0 Å². The van der Waals surface area contributed by atoms with Gasteiger partial charge in [0.1, 0.15) is 6.10 Å². The maximum absolute atomic E-state index is 12.6. The van der Waals surface area contributed by atoms with E-state index in [4.69, 9.17) is 28.0 Å². The molecule has 2 heterocycles. The smallest absolute Gasteiger partial charge is 0.285 e. The van der Waals surface area contributed by atoms with Crippen LogP contribution in [-0.4, -0.2) is 26.4 Å². The van der Waals surface area contributed by atoms with Gasteiger partial charge in [-0.3, -0.25) is 14.4 Å². The van der Waals surface area contributed by atoms with Gasteiger partial charge in [-0.2, -0.15) is 0 Å². The van der Waals surface area contributed by atoms with Gasteiger partial charge in [-0.05, 0) is 24.3 Å². The molecule has 136 valence electrons. The fourth-order valence-corrected chi connectivity index (χ4v) is 3.46. The number of rotatable bonds is 5. The predicted molar refractivity (Wildman–Crippen MR) is 99.5 cm³/mol. The molecule has 0 N–H and O–H groups in total. The number of carbonyl (C=O) groups excluding carboxylic acids is 2. The molecule has 1 aromatic heterocycles. The van der Waals surface area contributed by atoms with Gasteiger partial charge in [0.2, 0.25) is 0 Å². The van der Waals surface area contributed by atoms with Crippen LogP contribution in [0.1, 0.15) is 32.4 Å². The Hall–Kier alpha value is -2.67. The van der Waals surface area contributed by atoms with Crippen molar-refractivity contribution in [1.82, 2.24) is 14.6 Å². The second kappa shape index (κ2) is 7.15. The number of halogens is 2. The number of carbonyl (C=O) groups is 2. The lowest BCUT2D eigenvalue weighted by molar-refractivity contribution is -0.139. The molecule has 0 spiro atoms. The third-order valence-corrected chi connectivity index (χ3v) is 4.80. The first-order valence-corrected chi connectivity index (χ1v) is 8.85. The average molecular weight is 402 g/mol. The number of amides is 2. The molecule has 6 nitrogen and oxygen atoms in total. The minimum absolute atomic E-state index is 0.300. The molecule has 1 atom stereocenters. The molecule has 4 rings (SSSR count). The van der Waals surface area contributed by atoms with E-state index in [1.807, 2.05) is 0 Å². The van der Waals surface area contributed by atoms with Crippen molar-refractivity contribution in [2.24, 2.45) is 0 Å². The van der Waals surface area contributed by atoms with Crippen molar-refractivity contribution in [3.05, 3.63) is 87.9 Å². The van der Waals surface area contributed by atoms with E-state index >= 15 is 0 Å². The predicted octanol–water partition coefficient (Wildman–Crippen LogP) is 4.16. The van der Waals surface area contributed by atoms with Crippen molar-refractivity contribution in [1.29, 1.82) is 0 Å². The summed E-state index contributed by atoms with van der Waals surface area (Å²) in [5.41, 5.74) is 1.23. The quantitative estimate of drug-likeness (QED) is 0.602. The molecular formula is C19H13Cl2N3O3. The standard InChI is InChI=1S/C19H13Cl2N3O3/c20-12-5-6-15(16(21)9-12)17(10-23-8-7-22-11-23)27-24-18(25)13-3-1-2-4-14(13)19(24)26/h1-9,11,17H,10H2. The average Bonchev–Trinajstić information content (AvgIpc) is 3.24. The third kappa shape index (κ3) is 3.35. The van der Waals surface area contributed by atoms with Crippen molar-refractivity contribution < 1.29 is 14.4 Å². The zero-order valence-electron chi connectivity index (χ0n) is 13.9. The topological polar surface area (TPSA) is 64.4 Å². The molecule has 2 amide bonds. The van der Waals surface area contributed by atoms with Gasteiger partial charge in [0.05, 0.1) is 24.0 Å².